The van der Waals surface area contributed by atoms with Crippen LogP contribution in [0, 0.1) is 11.3 Å². The third-order valence-corrected chi connectivity index (χ3v) is 1.16. The van der Waals surface area contributed by atoms with Gasteiger partial charge in [-0.3, -0.25) is 0 Å². The van der Waals surface area contributed by atoms with Crippen LogP contribution >= 0.6 is 0 Å². The highest BCUT2D eigenvalue weighted by Crippen LogP contribution is 2.10. The van der Waals surface area contributed by atoms with Crippen molar-refractivity contribution in [2.75, 3.05) is 0 Å². The Morgan fingerprint density at radius 1 is 1.33 bits per heavy atom. The van der Waals surface area contributed by atoms with Gasteiger partial charge in [-0.15, -0.1) is 0 Å². The van der Waals surface area contributed by atoms with Crippen molar-refractivity contribution in [1.29, 1.82) is 5.26 Å². The summed E-state index contributed by atoms with van der Waals surface area (Å²) in [6.07, 6.45) is 0. The van der Waals surface area contributed by atoms with Gasteiger partial charge in [0.15, 0.2) is 12.0 Å². The van der Waals surface area contributed by atoms with Crippen molar-refractivity contribution in [2.45, 2.75) is 0 Å². The first kappa shape index (κ1) is 8.06. The lowest BCUT2D eigenvalue weighted by Gasteiger charge is -1.97. The van der Waals surface area contributed by atoms with E-state index >= 15 is 0 Å². The molecule has 0 saturated carbocycles. The Hall–Kier alpha value is -2.04. The topological polar surface area (TPSA) is 50.1 Å². The standard InChI is InChI=1S/C9H5NO2/c10-6-9(7-11)12-8-4-2-1-3-5-8/h1-5H. The minimum absolute atomic E-state index is 0.360. The van der Waals surface area contributed by atoms with Gasteiger partial charge in [0.05, 0.1) is 0 Å². The number of benzene rings is 1. The smallest absolute Gasteiger partial charge is 0.288 e. The predicted molar refractivity (Wildman–Crippen MR) is 41.9 cm³/mol. The number of nitrogens with zero attached hydrogens (tertiary/aromatic N) is 1. The van der Waals surface area contributed by atoms with Crippen LogP contribution in [-0.2, 0) is 4.79 Å². The summed E-state index contributed by atoms with van der Waals surface area (Å²) in [5, 5.41) is 8.31. The molecule has 0 amide bonds. The van der Waals surface area contributed by atoms with Gasteiger partial charge in [-0.05, 0) is 12.1 Å². The lowest BCUT2D eigenvalue weighted by atomic mass is 10.3. The average Bonchev–Trinajstić information content (AvgIpc) is 2.16. The molecule has 0 unspecified atom stereocenters. The number of hydrogen-bond acceptors (Lipinski definition) is 3. The number of ether oxygens (including phenoxy) is 1. The number of rotatable bonds is 2. The Morgan fingerprint density at radius 2 is 2.00 bits per heavy atom. The average molecular weight is 159 g/mol. The summed E-state index contributed by atoms with van der Waals surface area (Å²) < 4.78 is 4.84. The maximum Gasteiger partial charge on any atom is 0.288 e. The molecule has 58 valence electrons. The number of para-hydroxylation sites is 1. The Labute approximate surface area is 69.5 Å². The fourth-order valence-corrected chi connectivity index (χ4v) is 0.673. The van der Waals surface area contributed by atoms with Crippen molar-refractivity contribution in [1.82, 2.24) is 0 Å². The van der Waals surface area contributed by atoms with Gasteiger partial charge in [-0.1, -0.05) is 18.2 Å². The van der Waals surface area contributed by atoms with Crippen LogP contribution in [0.15, 0.2) is 36.1 Å². The monoisotopic (exact) mass is 159 g/mol. The molecule has 0 heterocycles. The van der Waals surface area contributed by atoms with Gasteiger partial charge < -0.3 is 4.74 Å². The molecule has 0 spiro atoms. The summed E-state index contributed by atoms with van der Waals surface area (Å²) in [6, 6.07) is 10.2. The summed E-state index contributed by atoms with van der Waals surface area (Å²) in [6.45, 7) is 0. The van der Waals surface area contributed by atoms with Gasteiger partial charge in [-0.25, -0.2) is 4.79 Å². The third-order valence-electron chi connectivity index (χ3n) is 1.16. The van der Waals surface area contributed by atoms with E-state index in [2.05, 4.69) is 0 Å². The largest absolute Gasteiger partial charge is 0.437 e. The van der Waals surface area contributed by atoms with E-state index in [1.165, 1.54) is 5.94 Å². The molecule has 0 radical (unpaired) electrons. The normalized spacial score (nSPS) is 7.92. The lowest BCUT2D eigenvalue weighted by Crippen LogP contribution is -1.92. The van der Waals surface area contributed by atoms with Crippen molar-refractivity contribution in [3.8, 4) is 11.8 Å². The minimum Gasteiger partial charge on any atom is -0.437 e. The van der Waals surface area contributed by atoms with Crippen molar-refractivity contribution >= 4 is 5.94 Å². The van der Waals surface area contributed by atoms with Gasteiger partial charge in [-0.2, -0.15) is 5.26 Å². The first-order valence-electron chi connectivity index (χ1n) is 3.25. The van der Waals surface area contributed by atoms with E-state index in [1.54, 1.807) is 30.3 Å². The zero-order valence-corrected chi connectivity index (χ0v) is 6.15. The minimum atomic E-state index is -0.360. The van der Waals surface area contributed by atoms with Crippen LogP contribution < -0.4 is 4.74 Å². The molecule has 3 heteroatoms. The molecule has 0 bridgehead atoms. The summed E-state index contributed by atoms with van der Waals surface area (Å²) in [5.74, 6) is 1.48. The van der Waals surface area contributed by atoms with Crippen LogP contribution in [0.4, 0.5) is 0 Å². The SMILES string of the molecule is N#CC(=C=O)Oc1ccccc1. The van der Waals surface area contributed by atoms with Gasteiger partial charge in [0, 0.05) is 0 Å². The van der Waals surface area contributed by atoms with E-state index < -0.39 is 0 Å². The van der Waals surface area contributed by atoms with Gasteiger partial charge in [0.2, 0.25) is 0 Å². The van der Waals surface area contributed by atoms with Crippen molar-refractivity contribution in [3.63, 3.8) is 0 Å². The summed E-state index contributed by atoms with van der Waals surface area (Å²) in [4.78, 5) is 10.0. The Bertz CT molecular complexity index is 345. The highest BCUT2D eigenvalue weighted by Gasteiger charge is 1.97. The fraction of sp³-hybridized carbons (Fsp3) is 0. The van der Waals surface area contributed by atoms with Gasteiger partial charge in [0.25, 0.3) is 5.76 Å². The number of nitriles is 1. The highest BCUT2D eigenvalue weighted by atomic mass is 16.5. The number of hydrogen-bond donors (Lipinski definition) is 0. The Morgan fingerprint density at radius 3 is 2.50 bits per heavy atom. The van der Waals surface area contributed by atoms with Crippen LogP contribution in [0.1, 0.15) is 0 Å². The third kappa shape index (κ3) is 1.98. The van der Waals surface area contributed by atoms with E-state index in [0.29, 0.717) is 5.75 Å². The molecular formula is C9H5NO2. The molecule has 0 aliphatic carbocycles. The van der Waals surface area contributed by atoms with E-state index in [-0.39, 0.29) is 5.76 Å². The maximum atomic E-state index is 10.0. The van der Waals surface area contributed by atoms with Crippen molar-refractivity contribution in [3.05, 3.63) is 36.1 Å². The van der Waals surface area contributed by atoms with Crippen molar-refractivity contribution < 1.29 is 9.53 Å². The zero-order valence-electron chi connectivity index (χ0n) is 6.15. The highest BCUT2D eigenvalue weighted by molar-refractivity contribution is 5.56. The van der Waals surface area contributed by atoms with E-state index in [0.717, 1.165) is 0 Å². The first-order valence-corrected chi connectivity index (χ1v) is 3.25. The molecule has 12 heavy (non-hydrogen) atoms. The molecule has 0 fully saturated rings. The Balaban J connectivity index is 2.79. The zero-order chi connectivity index (χ0) is 8.81. The van der Waals surface area contributed by atoms with E-state index in [4.69, 9.17) is 10.00 Å². The molecule has 0 aliphatic rings. The van der Waals surface area contributed by atoms with Crippen LogP contribution in [-0.4, -0.2) is 5.94 Å². The molecule has 0 saturated heterocycles. The molecular weight excluding hydrogens is 154 g/mol. The summed E-state index contributed by atoms with van der Waals surface area (Å²) in [5.41, 5.74) is 0. The van der Waals surface area contributed by atoms with E-state index in [9.17, 15) is 4.79 Å². The molecule has 0 aromatic heterocycles. The summed E-state index contributed by atoms with van der Waals surface area (Å²) >= 11 is 0. The molecule has 1 aromatic rings. The molecule has 0 atom stereocenters. The molecule has 1 aromatic carbocycles. The maximum absolute atomic E-state index is 10.0. The van der Waals surface area contributed by atoms with Crippen LogP contribution in [0.5, 0.6) is 5.75 Å². The molecule has 0 N–H and O–H groups in total. The van der Waals surface area contributed by atoms with Crippen LogP contribution in [0.25, 0.3) is 0 Å². The summed E-state index contributed by atoms with van der Waals surface area (Å²) in [7, 11) is 0. The fourth-order valence-electron chi connectivity index (χ4n) is 0.673. The molecule has 3 nitrogen and oxygen atoms in total. The number of allylic oxidation sites excluding steroid dienone is 1. The molecule has 0 aliphatic heterocycles. The first-order chi connectivity index (χ1) is 5.86. The molecule has 1 rings (SSSR count). The predicted octanol–water partition coefficient (Wildman–Crippen LogP) is 1.30. The van der Waals surface area contributed by atoms with Gasteiger partial charge >= 0.3 is 0 Å². The van der Waals surface area contributed by atoms with Crippen LogP contribution in [0.3, 0.4) is 0 Å². The second-order valence-corrected chi connectivity index (χ2v) is 1.96. The van der Waals surface area contributed by atoms with E-state index in [1.807, 2.05) is 6.07 Å². The second kappa shape index (κ2) is 3.97. The van der Waals surface area contributed by atoms with Crippen molar-refractivity contribution in [2.24, 2.45) is 0 Å². The number of carbonyl (C=O) groups excluding carboxylic acids is 1. The van der Waals surface area contributed by atoms with Gasteiger partial charge in [0.1, 0.15) is 5.75 Å². The lowest BCUT2D eigenvalue weighted by molar-refractivity contribution is 0.446. The van der Waals surface area contributed by atoms with Crippen LogP contribution in [0.2, 0.25) is 0 Å². The Kier molecular flexibility index (Phi) is 2.67. The second-order valence-electron chi connectivity index (χ2n) is 1.96. The quantitative estimate of drug-likeness (QED) is 0.371.